The number of rotatable bonds is 5. The maximum atomic E-state index is 13.9. The molecule has 0 fully saturated rings. The molecule has 0 bridgehead atoms. The first kappa shape index (κ1) is 25.6. The molecule has 1 aliphatic carbocycles. The molecule has 2 heterocycles. The average molecular weight is 579 g/mol. The van der Waals surface area contributed by atoms with Gasteiger partial charge >= 0.3 is 0 Å². The van der Waals surface area contributed by atoms with Crippen molar-refractivity contribution in [3.63, 3.8) is 0 Å². The summed E-state index contributed by atoms with van der Waals surface area (Å²) in [5.41, 5.74) is 3.61. The summed E-state index contributed by atoms with van der Waals surface area (Å²) in [4.78, 5) is 33.7. The summed E-state index contributed by atoms with van der Waals surface area (Å²) in [6.45, 7) is 3.72. The van der Waals surface area contributed by atoms with E-state index < -0.39 is 0 Å². The Morgan fingerprint density at radius 2 is 1.89 bits per heavy atom. The van der Waals surface area contributed by atoms with Crippen LogP contribution in [0.2, 0.25) is 15.1 Å². The van der Waals surface area contributed by atoms with Crippen LogP contribution in [0.5, 0.6) is 0 Å². The molecule has 0 unspecified atom stereocenters. The monoisotopic (exact) mass is 577 g/mol. The number of benzene rings is 2. The summed E-state index contributed by atoms with van der Waals surface area (Å²) in [7, 11) is 0. The lowest BCUT2D eigenvalue weighted by Gasteiger charge is -2.16. The number of aryl methyl sites for hydroxylation is 3. The first-order valence-corrected chi connectivity index (χ1v) is 14.4. The van der Waals surface area contributed by atoms with Gasteiger partial charge in [0.2, 0.25) is 5.91 Å². The second-order valence-corrected chi connectivity index (χ2v) is 11.9. The summed E-state index contributed by atoms with van der Waals surface area (Å²) in [6, 6.07) is 8.94. The van der Waals surface area contributed by atoms with Crippen molar-refractivity contribution >= 4 is 79.7 Å². The van der Waals surface area contributed by atoms with Gasteiger partial charge in [-0.25, -0.2) is 4.98 Å². The molecule has 36 heavy (non-hydrogen) atoms. The number of carbonyl (C=O) groups excluding carboxylic acids is 1. The molecule has 5 rings (SSSR count). The lowest BCUT2D eigenvalue weighted by molar-refractivity contribution is -0.113. The molecule has 0 radical (unpaired) electrons. The van der Waals surface area contributed by atoms with E-state index >= 15 is 0 Å². The van der Waals surface area contributed by atoms with E-state index in [1.165, 1.54) is 16.6 Å². The Labute approximate surface area is 231 Å². The number of nitrogens with zero attached hydrogens (tertiary/aromatic N) is 2. The largest absolute Gasteiger partial charge is 0.323 e. The molecule has 4 aromatic rings. The zero-order valence-corrected chi connectivity index (χ0v) is 23.5. The van der Waals surface area contributed by atoms with Crippen molar-refractivity contribution in [1.29, 1.82) is 0 Å². The number of aromatic nitrogens is 2. The number of hydrogen-bond donors (Lipinski definition) is 1. The van der Waals surface area contributed by atoms with Crippen molar-refractivity contribution < 1.29 is 4.79 Å². The fourth-order valence-corrected chi connectivity index (χ4v) is 7.15. The quantitative estimate of drug-likeness (QED) is 0.195. The van der Waals surface area contributed by atoms with E-state index in [-0.39, 0.29) is 17.2 Å². The second-order valence-electron chi connectivity index (χ2n) is 8.70. The van der Waals surface area contributed by atoms with Crippen LogP contribution in [0, 0.1) is 13.8 Å². The predicted molar refractivity (Wildman–Crippen MR) is 152 cm³/mol. The van der Waals surface area contributed by atoms with Gasteiger partial charge in [-0.05, 0) is 74.4 Å². The third-order valence-corrected chi connectivity index (χ3v) is 9.65. The molecule has 1 aliphatic rings. The summed E-state index contributed by atoms with van der Waals surface area (Å²) < 4.78 is 1.59. The van der Waals surface area contributed by atoms with Crippen LogP contribution in [0.15, 0.2) is 40.3 Å². The van der Waals surface area contributed by atoms with Crippen molar-refractivity contribution in [3.05, 3.63) is 77.3 Å². The van der Waals surface area contributed by atoms with Gasteiger partial charge in [0.25, 0.3) is 5.56 Å². The zero-order valence-electron chi connectivity index (χ0n) is 19.6. The maximum absolute atomic E-state index is 13.9. The van der Waals surface area contributed by atoms with Crippen LogP contribution >= 0.6 is 57.9 Å². The minimum absolute atomic E-state index is 0.0171. The first-order valence-electron chi connectivity index (χ1n) is 11.5. The predicted octanol–water partition coefficient (Wildman–Crippen LogP) is 7.63. The molecule has 0 spiro atoms. The standard InChI is InChI=1S/C26H22Cl3N3O2S2/c1-13-10-11-17(28)23(22(13)29)30-20(33)12-35-26-31-24-21(15-6-3-4-9-19(15)36-24)25(34)32(26)18-8-5-7-16(27)14(18)2/h5,7-8,10-11H,3-4,6,9,12H2,1-2H3,(H,30,33). The van der Waals surface area contributed by atoms with Crippen LogP contribution in [0.1, 0.15) is 34.4 Å². The molecule has 0 saturated carbocycles. The van der Waals surface area contributed by atoms with Gasteiger partial charge < -0.3 is 5.32 Å². The van der Waals surface area contributed by atoms with E-state index in [1.807, 2.05) is 26.0 Å². The van der Waals surface area contributed by atoms with E-state index in [2.05, 4.69) is 5.32 Å². The Bertz CT molecular complexity index is 1580. The van der Waals surface area contributed by atoms with Crippen LogP contribution in [0.3, 0.4) is 0 Å². The molecule has 0 aliphatic heterocycles. The summed E-state index contributed by atoms with van der Waals surface area (Å²) >= 11 is 21.8. The molecule has 2 aromatic heterocycles. The highest BCUT2D eigenvalue weighted by Gasteiger charge is 2.24. The number of halogens is 3. The van der Waals surface area contributed by atoms with Crippen LogP contribution in [0.4, 0.5) is 5.69 Å². The molecule has 186 valence electrons. The van der Waals surface area contributed by atoms with Gasteiger partial charge in [-0.15, -0.1) is 11.3 Å². The molecular formula is C26H22Cl3N3O2S2. The Hall–Kier alpha value is -2.03. The fraction of sp³-hybridized carbons (Fsp3) is 0.269. The third kappa shape index (κ3) is 4.68. The third-order valence-electron chi connectivity index (χ3n) is 6.32. The Balaban J connectivity index is 1.56. The first-order chi connectivity index (χ1) is 17.3. The number of amides is 1. The second kappa shape index (κ2) is 10.4. The van der Waals surface area contributed by atoms with Crippen molar-refractivity contribution in [1.82, 2.24) is 9.55 Å². The molecule has 0 saturated heterocycles. The van der Waals surface area contributed by atoms with E-state index in [1.54, 1.807) is 34.1 Å². The number of thiophene rings is 1. The average Bonchev–Trinajstić information content (AvgIpc) is 3.24. The Morgan fingerprint density at radius 1 is 1.11 bits per heavy atom. The van der Waals surface area contributed by atoms with Gasteiger partial charge in [-0.2, -0.15) is 0 Å². The van der Waals surface area contributed by atoms with Crippen LogP contribution < -0.4 is 10.9 Å². The summed E-state index contributed by atoms with van der Waals surface area (Å²) in [6.07, 6.45) is 4.03. The molecule has 0 atom stereocenters. The van der Waals surface area contributed by atoms with E-state index in [4.69, 9.17) is 39.8 Å². The molecule has 10 heteroatoms. The highest BCUT2D eigenvalue weighted by Crippen LogP contribution is 2.36. The van der Waals surface area contributed by atoms with Crippen LogP contribution in [-0.4, -0.2) is 21.2 Å². The van der Waals surface area contributed by atoms with Crippen LogP contribution in [0.25, 0.3) is 15.9 Å². The molecule has 2 aromatic carbocycles. The SMILES string of the molecule is Cc1ccc(Cl)c(NC(=O)CSc2nc3sc4c(c3c(=O)n2-c2cccc(Cl)c2C)CCCC4)c1Cl. The normalized spacial score (nSPS) is 13.1. The highest BCUT2D eigenvalue weighted by molar-refractivity contribution is 7.99. The van der Waals surface area contributed by atoms with E-state index in [9.17, 15) is 9.59 Å². The van der Waals surface area contributed by atoms with Gasteiger partial charge in [0, 0.05) is 9.90 Å². The Morgan fingerprint density at radius 3 is 2.69 bits per heavy atom. The van der Waals surface area contributed by atoms with Gasteiger partial charge in [0.05, 0.1) is 32.6 Å². The van der Waals surface area contributed by atoms with E-state index in [0.29, 0.717) is 37.0 Å². The lowest BCUT2D eigenvalue weighted by atomic mass is 9.97. The highest BCUT2D eigenvalue weighted by atomic mass is 35.5. The van der Waals surface area contributed by atoms with Gasteiger partial charge in [0.1, 0.15) is 4.83 Å². The maximum Gasteiger partial charge on any atom is 0.267 e. The van der Waals surface area contributed by atoms with Crippen molar-refractivity contribution in [2.75, 3.05) is 11.1 Å². The number of hydrogen-bond acceptors (Lipinski definition) is 5. The topological polar surface area (TPSA) is 64.0 Å². The summed E-state index contributed by atoms with van der Waals surface area (Å²) in [5.74, 6) is -0.285. The molecular weight excluding hydrogens is 557 g/mol. The van der Waals surface area contributed by atoms with Gasteiger partial charge in [-0.1, -0.05) is 58.7 Å². The number of thioether (sulfide) groups is 1. The van der Waals surface area contributed by atoms with Crippen molar-refractivity contribution in [2.45, 2.75) is 44.7 Å². The molecule has 1 N–H and O–H groups in total. The number of nitrogens with one attached hydrogen (secondary N) is 1. The molecule has 1 amide bonds. The minimum atomic E-state index is -0.302. The lowest BCUT2D eigenvalue weighted by Crippen LogP contribution is -2.24. The van der Waals surface area contributed by atoms with E-state index in [0.717, 1.165) is 47.2 Å². The summed E-state index contributed by atoms with van der Waals surface area (Å²) in [5, 5.41) is 5.24. The number of carbonyl (C=O) groups is 1. The smallest absolute Gasteiger partial charge is 0.267 e. The number of anilines is 1. The Kier molecular flexibility index (Phi) is 7.39. The van der Waals surface area contributed by atoms with Gasteiger partial charge in [-0.3, -0.25) is 14.2 Å². The fourth-order valence-electron chi connectivity index (χ4n) is 4.41. The van der Waals surface area contributed by atoms with Crippen molar-refractivity contribution in [3.8, 4) is 5.69 Å². The van der Waals surface area contributed by atoms with Gasteiger partial charge in [0.15, 0.2) is 5.16 Å². The van der Waals surface area contributed by atoms with Crippen LogP contribution in [-0.2, 0) is 17.6 Å². The number of fused-ring (bicyclic) bond motifs is 3. The minimum Gasteiger partial charge on any atom is -0.323 e. The zero-order chi connectivity index (χ0) is 25.6. The van der Waals surface area contributed by atoms with Crippen molar-refractivity contribution in [2.24, 2.45) is 0 Å². The molecule has 5 nitrogen and oxygen atoms in total.